The van der Waals surface area contributed by atoms with Crippen LogP contribution in [-0.2, 0) is 0 Å². The first-order valence-corrected chi connectivity index (χ1v) is 9.64. The zero-order valence-corrected chi connectivity index (χ0v) is 16.5. The van der Waals surface area contributed by atoms with Crippen molar-refractivity contribution in [2.45, 2.75) is 32.7 Å². The summed E-state index contributed by atoms with van der Waals surface area (Å²) in [6.07, 6.45) is 1.68. The molecule has 1 fully saturated rings. The molecule has 1 aromatic heterocycles. The van der Waals surface area contributed by atoms with Crippen LogP contribution in [0.25, 0.3) is 11.4 Å². The van der Waals surface area contributed by atoms with Crippen LogP contribution >= 0.6 is 11.6 Å². The first-order chi connectivity index (χ1) is 13.5. The van der Waals surface area contributed by atoms with E-state index in [0.29, 0.717) is 23.3 Å². The van der Waals surface area contributed by atoms with Crippen LogP contribution in [0.3, 0.4) is 0 Å². The zero-order valence-electron chi connectivity index (χ0n) is 15.8. The molecule has 1 saturated heterocycles. The maximum absolute atomic E-state index is 12.9. The van der Waals surface area contributed by atoms with E-state index in [4.69, 9.17) is 16.1 Å². The Balaban J connectivity index is 1.54. The number of amides is 2. The van der Waals surface area contributed by atoms with Crippen molar-refractivity contribution in [2.24, 2.45) is 0 Å². The number of benzene rings is 2. The van der Waals surface area contributed by atoms with Gasteiger partial charge in [0.15, 0.2) is 0 Å². The molecule has 1 unspecified atom stereocenters. The number of halogens is 1. The molecule has 28 heavy (non-hydrogen) atoms. The molecule has 144 valence electrons. The van der Waals surface area contributed by atoms with Gasteiger partial charge in [0.05, 0.1) is 0 Å². The largest absolute Gasteiger partial charge is 0.337 e. The predicted molar refractivity (Wildman–Crippen MR) is 108 cm³/mol. The monoisotopic (exact) mass is 396 g/mol. The summed E-state index contributed by atoms with van der Waals surface area (Å²) in [7, 11) is 0. The standard InChI is InChI=1S/C21H21ClN4O2/c1-13-6-3-9-17(14(13)2)23-21(27)26-11-5-10-18(26)20-24-19(25-28-20)15-7-4-8-16(22)12-15/h3-4,6-9,12,18H,5,10-11H2,1-2H3,(H,23,27). The summed E-state index contributed by atoms with van der Waals surface area (Å²) >= 11 is 6.05. The van der Waals surface area contributed by atoms with E-state index in [9.17, 15) is 4.79 Å². The van der Waals surface area contributed by atoms with Gasteiger partial charge in [-0.3, -0.25) is 0 Å². The number of hydrogen-bond donors (Lipinski definition) is 1. The van der Waals surface area contributed by atoms with Crippen LogP contribution < -0.4 is 5.32 Å². The number of rotatable bonds is 3. The average molecular weight is 397 g/mol. The third kappa shape index (κ3) is 3.60. The van der Waals surface area contributed by atoms with Gasteiger partial charge in [0.2, 0.25) is 11.7 Å². The van der Waals surface area contributed by atoms with E-state index < -0.39 is 0 Å². The number of aromatic nitrogens is 2. The molecule has 1 N–H and O–H groups in total. The summed E-state index contributed by atoms with van der Waals surface area (Å²) in [6.45, 7) is 4.68. The Morgan fingerprint density at radius 1 is 1.25 bits per heavy atom. The van der Waals surface area contributed by atoms with Crippen LogP contribution in [0.15, 0.2) is 47.0 Å². The number of carbonyl (C=O) groups excluding carboxylic acids is 1. The van der Waals surface area contributed by atoms with E-state index in [1.54, 1.807) is 17.0 Å². The van der Waals surface area contributed by atoms with Gasteiger partial charge in [0, 0.05) is 22.8 Å². The molecule has 0 spiro atoms. The third-order valence-corrected chi connectivity index (χ3v) is 5.40. The molecule has 0 radical (unpaired) electrons. The van der Waals surface area contributed by atoms with E-state index in [1.807, 2.05) is 44.2 Å². The maximum atomic E-state index is 12.9. The van der Waals surface area contributed by atoms with E-state index in [-0.39, 0.29) is 12.1 Å². The molecule has 2 heterocycles. The van der Waals surface area contributed by atoms with Crippen LogP contribution in [0, 0.1) is 13.8 Å². The predicted octanol–water partition coefficient (Wildman–Crippen LogP) is 5.38. The van der Waals surface area contributed by atoms with Crippen molar-refractivity contribution in [1.29, 1.82) is 0 Å². The summed E-state index contributed by atoms with van der Waals surface area (Å²) in [6, 6.07) is 12.8. The summed E-state index contributed by atoms with van der Waals surface area (Å²) in [5, 5.41) is 7.70. The normalized spacial score (nSPS) is 16.4. The molecule has 0 bridgehead atoms. The minimum Gasteiger partial charge on any atom is -0.337 e. The van der Waals surface area contributed by atoms with Gasteiger partial charge in [-0.15, -0.1) is 0 Å². The lowest BCUT2D eigenvalue weighted by Gasteiger charge is -2.23. The van der Waals surface area contributed by atoms with Gasteiger partial charge in [0.25, 0.3) is 0 Å². The highest BCUT2D eigenvalue weighted by Crippen LogP contribution is 2.33. The van der Waals surface area contributed by atoms with Crippen molar-refractivity contribution in [2.75, 3.05) is 11.9 Å². The van der Waals surface area contributed by atoms with Crippen molar-refractivity contribution in [3.63, 3.8) is 0 Å². The molecule has 1 aliphatic rings. The van der Waals surface area contributed by atoms with Crippen LogP contribution in [0.1, 0.15) is 35.9 Å². The lowest BCUT2D eigenvalue weighted by Crippen LogP contribution is -2.34. The SMILES string of the molecule is Cc1cccc(NC(=O)N2CCCC2c2nc(-c3cccc(Cl)c3)no2)c1C. The summed E-state index contributed by atoms with van der Waals surface area (Å²) in [5.74, 6) is 0.919. The second kappa shape index (κ2) is 7.64. The Labute approximate surface area is 168 Å². The van der Waals surface area contributed by atoms with Crippen molar-refractivity contribution in [3.05, 3.63) is 64.5 Å². The number of nitrogens with one attached hydrogen (secondary N) is 1. The van der Waals surface area contributed by atoms with Crippen molar-refractivity contribution >= 4 is 23.3 Å². The molecule has 7 heteroatoms. The maximum Gasteiger partial charge on any atom is 0.322 e. The van der Waals surface area contributed by atoms with Gasteiger partial charge in [-0.1, -0.05) is 41.0 Å². The van der Waals surface area contributed by atoms with E-state index >= 15 is 0 Å². The minimum absolute atomic E-state index is 0.154. The number of likely N-dealkylation sites (tertiary alicyclic amines) is 1. The third-order valence-electron chi connectivity index (χ3n) is 5.17. The number of aryl methyl sites for hydroxylation is 1. The Morgan fingerprint density at radius 2 is 2.07 bits per heavy atom. The average Bonchev–Trinajstić information content (AvgIpc) is 3.34. The molecular weight excluding hydrogens is 376 g/mol. The van der Waals surface area contributed by atoms with Crippen LogP contribution in [0.4, 0.5) is 10.5 Å². The highest BCUT2D eigenvalue weighted by molar-refractivity contribution is 6.30. The fraction of sp³-hybridized carbons (Fsp3) is 0.286. The quantitative estimate of drug-likeness (QED) is 0.645. The highest BCUT2D eigenvalue weighted by Gasteiger charge is 2.34. The molecule has 6 nitrogen and oxygen atoms in total. The Morgan fingerprint density at radius 3 is 2.89 bits per heavy atom. The van der Waals surface area contributed by atoms with Crippen LogP contribution in [0.2, 0.25) is 5.02 Å². The number of anilines is 1. The fourth-order valence-electron chi connectivity index (χ4n) is 3.46. The molecule has 4 rings (SSSR count). The van der Waals surface area contributed by atoms with E-state index in [0.717, 1.165) is 35.2 Å². The molecule has 1 atom stereocenters. The van der Waals surface area contributed by atoms with E-state index in [2.05, 4.69) is 15.5 Å². The van der Waals surface area contributed by atoms with Crippen LogP contribution in [0.5, 0.6) is 0 Å². The van der Waals surface area contributed by atoms with Gasteiger partial charge in [0.1, 0.15) is 6.04 Å². The summed E-state index contributed by atoms with van der Waals surface area (Å²) < 4.78 is 5.49. The number of nitrogens with zero attached hydrogens (tertiary/aromatic N) is 3. The fourth-order valence-corrected chi connectivity index (χ4v) is 3.65. The van der Waals surface area contributed by atoms with Gasteiger partial charge >= 0.3 is 6.03 Å². The Hall–Kier alpha value is -2.86. The highest BCUT2D eigenvalue weighted by atomic mass is 35.5. The lowest BCUT2D eigenvalue weighted by molar-refractivity contribution is 0.193. The lowest BCUT2D eigenvalue weighted by atomic mass is 10.1. The molecule has 3 aromatic rings. The van der Waals surface area contributed by atoms with Gasteiger partial charge in [-0.25, -0.2) is 4.79 Å². The van der Waals surface area contributed by atoms with Gasteiger partial charge in [-0.05, 0) is 56.0 Å². The Bertz CT molecular complexity index is 1020. The number of carbonyl (C=O) groups is 1. The zero-order chi connectivity index (χ0) is 19.7. The second-order valence-corrected chi connectivity index (χ2v) is 7.43. The Kier molecular flexibility index (Phi) is 5.05. The van der Waals surface area contributed by atoms with Crippen molar-refractivity contribution in [3.8, 4) is 11.4 Å². The van der Waals surface area contributed by atoms with Crippen molar-refractivity contribution < 1.29 is 9.32 Å². The second-order valence-electron chi connectivity index (χ2n) is 7.00. The minimum atomic E-state index is -0.231. The smallest absolute Gasteiger partial charge is 0.322 e. The summed E-state index contributed by atoms with van der Waals surface area (Å²) in [5.41, 5.74) is 3.80. The van der Waals surface area contributed by atoms with Gasteiger partial charge in [-0.2, -0.15) is 4.98 Å². The molecule has 2 aromatic carbocycles. The number of urea groups is 1. The van der Waals surface area contributed by atoms with Gasteiger partial charge < -0.3 is 14.7 Å². The first kappa shape index (κ1) is 18.5. The molecule has 2 amide bonds. The topological polar surface area (TPSA) is 71.3 Å². The number of hydrogen-bond acceptors (Lipinski definition) is 4. The molecule has 1 aliphatic heterocycles. The first-order valence-electron chi connectivity index (χ1n) is 9.26. The molecular formula is C21H21ClN4O2. The van der Waals surface area contributed by atoms with Crippen molar-refractivity contribution in [1.82, 2.24) is 15.0 Å². The van der Waals surface area contributed by atoms with Crippen LogP contribution in [-0.4, -0.2) is 27.6 Å². The van der Waals surface area contributed by atoms with E-state index in [1.165, 1.54) is 0 Å². The molecule has 0 aliphatic carbocycles. The summed E-state index contributed by atoms with van der Waals surface area (Å²) in [4.78, 5) is 19.2. The molecule has 0 saturated carbocycles.